The predicted molar refractivity (Wildman–Crippen MR) is 101 cm³/mol. The third-order valence-corrected chi connectivity index (χ3v) is 4.93. The van der Waals surface area contributed by atoms with Crippen LogP contribution in [0, 0.1) is 6.92 Å². The molecular formula is C19H17N5OS. The molecule has 0 radical (unpaired) electrons. The number of rotatable bonds is 5. The maximum absolute atomic E-state index is 12.2. The highest BCUT2D eigenvalue weighted by Gasteiger charge is 2.11. The minimum atomic E-state index is -0.0845. The molecule has 4 rings (SSSR count). The monoisotopic (exact) mass is 363 g/mol. The number of nitrogens with one attached hydrogen (secondary N) is 1. The Bertz CT molecular complexity index is 1070. The molecule has 0 atom stereocenters. The molecule has 0 spiro atoms. The van der Waals surface area contributed by atoms with E-state index in [9.17, 15) is 4.79 Å². The van der Waals surface area contributed by atoms with Gasteiger partial charge in [0.25, 0.3) is 0 Å². The van der Waals surface area contributed by atoms with Gasteiger partial charge in [0, 0.05) is 17.1 Å². The van der Waals surface area contributed by atoms with Gasteiger partial charge < -0.3 is 5.32 Å². The quantitative estimate of drug-likeness (QED) is 0.592. The third kappa shape index (κ3) is 3.48. The van der Waals surface area contributed by atoms with Gasteiger partial charge >= 0.3 is 0 Å². The Morgan fingerprint density at radius 1 is 1.19 bits per heavy atom. The number of amides is 1. The summed E-state index contributed by atoms with van der Waals surface area (Å²) < 4.78 is 1.86. The lowest BCUT2D eigenvalue weighted by molar-refractivity contribution is -0.120. The van der Waals surface area contributed by atoms with E-state index in [0.717, 1.165) is 21.9 Å². The molecule has 0 aliphatic carbocycles. The van der Waals surface area contributed by atoms with Crippen LogP contribution in [-0.2, 0) is 17.8 Å². The Hall–Kier alpha value is -3.06. The second kappa shape index (κ2) is 7.05. The molecule has 6 nitrogen and oxygen atoms in total. The van der Waals surface area contributed by atoms with Gasteiger partial charge in [0.05, 0.1) is 18.7 Å². The van der Waals surface area contributed by atoms with Crippen LogP contribution in [0.5, 0.6) is 0 Å². The number of aromatic nitrogens is 4. The maximum atomic E-state index is 12.2. The van der Waals surface area contributed by atoms with Crippen molar-refractivity contribution >= 4 is 22.9 Å². The Labute approximate surface area is 154 Å². The van der Waals surface area contributed by atoms with Crippen molar-refractivity contribution < 1.29 is 4.79 Å². The molecule has 1 N–H and O–H groups in total. The SMILES string of the molecule is Cc1cccc(-c2nc(CC(=O)NCc3nnc4ccccn34)cs2)c1. The zero-order valence-corrected chi connectivity index (χ0v) is 15.0. The Morgan fingerprint density at radius 2 is 2.12 bits per heavy atom. The average Bonchev–Trinajstić information content (AvgIpc) is 3.27. The van der Waals surface area contributed by atoms with E-state index in [1.165, 1.54) is 5.56 Å². The van der Waals surface area contributed by atoms with Crippen molar-refractivity contribution in [3.05, 3.63) is 71.1 Å². The van der Waals surface area contributed by atoms with Gasteiger partial charge in [0.15, 0.2) is 11.5 Å². The number of carbonyl (C=O) groups is 1. The number of nitrogens with zero attached hydrogens (tertiary/aromatic N) is 4. The van der Waals surface area contributed by atoms with Crippen LogP contribution >= 0.6 is 11.3 Å². The molecule has 7 heteroatoms. The average molecular weight is 363 g/mol. The maximum Gasteiger partial charge on any atom is 0.226 e. The number of benzene rings is 1. The van der Waals surface area contributed by atoms with Crippen molar-refractivity contribution in [2.75, 3.05) is 0 Å². The lowest BCUT2D eigenvalue weighted by atomic mass is 10.1. The van der Waals surface area contributed by atoms with Gasteiger partial charge in [-0.2, -0.15) is 0 Å². The number of hydrogen-bond donors (Lipinski definition) is 1. The van der Waals surface area contributed by atoms with Crippen molar-refractivity contribution in [2.24, 2.45) is 0 Å². The fourth-order valence-electron chi connectivity index (χ4n) is 2.71. The second-order valence-electron chi connectivity index (χ2n) is 6.01. The van der Waals surface area contributed by atoms with Crippen LogP contribution < -0.4 is 5.32 Å². The van der Waals surface area contributed by atoms with Gasteiger partial charge in [-0.15, -0.1) is 21.5 Å². The molecule has 0 aliphatic rings. The molecule has 4 aromatic rings. The van der Waals surface area contributed by atoms with Crippen LogP contribution in [0.4, 0.5) is 0 Å². The van der Waals surface area contributed by atoms with Crippen molar-refractivity contribution in [3.8, 4) is 10.6 Å². The topological polar surface area (TPSA) is 72.2 Å². The molecule has 26 heavy (non-hydrogen) atoms. The minimum Gasteiger partial charge on any atom is -0.348 e. The molecular weight excluding hydrogens is 346 g/mol. The Kier molecular flexibility index (Phi) is 4.45. The van der Waals surface area contributed by atoms with Crippen molar-refractivity contribution in [1.29, 1.82) is 0 Å². The fraction of sp³-hybridized carbons (Fsp3) is 0.158. The Morgan fingerprint density at radius 3 is 3.00 bits per heavy atom. The molecule has 0 bridgehead atoms. The molecule has 3 heterocycles. The van der Waals surface area contributed by atoms with Crippen molar-refractivity contribution in [2.45, 2.75) is 19.9 Å². The molecule has 3 aromatic heterocycles. The molecule has 0 saturated carbocycles. The van der Waals surface area contributed by atoms with Gasteiger partial charge in [-0.25, -0.2) is 4.98 Å². The largest absolute Gasteiger partial charge is 0.348 e. The minimum absolute atomic E-state index is 0.0845. The number of fused-ring (bicyclic) bond motifs is 1. The molecule has 1 amide bonds. The van der Waals surface area contributed by atoms with Gasteiger partial charge in [0.1, 0.15) is 5.01 Å². The number of carbonyl (C=O) groups excluding carboxylic acids is 1. The van der Waals surface area contributed by atoms with Gasteiger partial charge in [-0.1, -0.05) is 29.8 Å². The number of hydrogen-bond acceptors (Lipinski definition) is 5. The first-order valence-electron chi connectivity index (χ1n) is 8.26. The van der Waals surface area contributed by atoms with E-state index in [1.807, 2.05) is 46.3 Å². The second-order valence-corrected chi connectivity index (χ2v) is 6.87. The van der Waals surface area contributed by atoms with Crippen molar-refractivity contribution in [1.82, 2.24) is 24.9 Å². The standard InChI is InChI=1S/C19H17N5OS/c1-13-5-4-6-14(9-13)19-21-15(12-26-19)10-18(25)20-11-17-23-22-16-7-2-3-8-24(16)17/h2-9,12H,10-11H2,1H3,(H,20,25). The summed E-state index contributed by atoms with van der Waals surface area (Å²) in [5.41, 5.74) is 3.81. The highest BCUT2D eigenvalue weighted by Crippen LogP contribution is 2.24. The molecule has 0 aliphatic heterocycles. The highest BCUT2D eigenvalue weighted by atomic mass is 32.1. The predicted octanol–water partition coefficient (Wildman–Crippen LogP) is 3.02. The van der Waals surface area contributed by atoms with E-state index < -0.39 is 0 Å². The van der Waals surface area contributed by atoms with Crippen molar-refractivity contribution in [3.63, 3.8) is 0 Å². The summed E-state index contributed by atoms with van der Waals surface area (Å²) in [7, 11) is 0. The van der Waals surface area contributed by atoms with Gasteiger partial charge in [0.2, 0.25) is 5.91 Å². The van der Waals surface area contributed by atoms with E-state index in [0.29, 0.717) is 12.4 Å². The lowest BCUT2D eigenvalue weighted by Gasteiger charge is -2.03. The van der Waals surface area contributed by atoms with Crippen LogP contribution in [0.1, 0.15) is 17.1 Å². The summed E-state index contributed by atoms with van der Waals surface area (Å²) >= 11 is 1.55. The first-order chi connectivity index (χ1) is 12.7. The van der Waals surface area contributed by atoms with E-state index in [2.05, 4.69) is 39.6 Å². The molecule has 0 fully saturated rings. The molecule has 0 saturated heterocycles. The number of aryl methyl sites for hydroxylation is 1. The lowest BCUT2D eigenvalue weighted by Crippen LogP contribution is -2.25. The number of pyridine rings is 1. The van der Waals surface area contributed by atoms with Gasteiger partial charge in [-0.3, -0.25) is 9.20 Å². The highest BCUT2D eigenvalue weighted by molar-refractivity contribution is 7.13. The van der Waals surface area contributed by atoms with Crippen LogP contribution in [-0.4, -0.2) is 25.5 Å². The van der Waals surface area contributed by atoms with E-state index in [-0.39, 0.29) is 12.3 Å². The third-order valence-electron chi connectivity index (χ3n) is 3.99. The van der Waals surface area contributed by atoms with Crippen LogP contribution in [0.25, 0.3) is 16.2 Å². The van der Waals surface area contributed by atoms with E-state index in [1.54, 1.807) is 11.3 Å². The summed E-state index contributed by atoms with van der Waals surface area (Å²) in [6, 6.07) is 13.9. The fourth-order valence-corrected chi connectivity index (χ4v) is 3.53. The summed E-state index contributed by atoms with van der Waals surface area (Å²) in [6.45, 7) is 2.39. The van der Waals surface area contributed by atoms with Gasteiger partial charge in [-0.05, 0) is 25.1 Å². The molecule has 130 valence electrons. The Balaban J connectivity index is 1.39. The number of thiazole rings is 1. The summed E-state index contributed by atoms with van der Waals surface area (Å²) in [6.07, 6.45) is 2.13. The van der Waals surface area contributed by atoms with Crippen LogP contribution in [0.3, 0.4) is 0 Å². The van der Waals surface area contributed by atoms with E-state index in [4.69, 9.17) is 0 Å². The normalized spacial score (nSPS) is 11.0. The van der Waals surface area contributed by atoms with Crippen LogP contribution in [0.2, 0.25) is 0 Å². The molecule has 1 aromatic carbocycles. The smallest absolute Gasteiger partial charge is 0.226 e. The summed E-state index contributed by atoms with van der Waals surface area (Å²) in [5.74, 6) is 0.617. The van der Waals surface area contributed by atoms with E-state index >= 15 is 0 Å². The van der Waals surface area contributed by atoms with Crippen LogP contribution in [0.15, 0.2) is 54.0 Å². The first-order valence-corrected chi connectivity index (χ1v) is 9.14. The first kappa shape index (κ1) is 16.4. The zero-order chi connectivity index (χ0) is 17.9. The molecule has 0 unspecified atom stereocenters. The summed E-state index contributed by atoms with van der Waals surface area (Å²) in [4.78, 5) is 16.8. The zero-order valence-electron chi connectivity index (χ0n) is 14.2. The summed E-state index contributed by atoms with van der Waals surface area (Å²) in [5, 5.41) is 13.9.